The zero-order valence-corrected chi connectivity index (χ0v) is 12.0. The molecule has 1 aromatic rings. The molecule has 2 rings (SSSR count). The molecule has 0 amide bonds. The first-order valence-electron chi connectivity index (χ1n) is 7.28. The summed E-state index contributed by atoms with van der Waals surface area (Å²) in [5.41, 5.74) is 6.65. The standard InChI is InChI=1S/C14H25N5/c1-3-18(4-2)13-6-8-19(11-13)14-16-9-12(5-7-15)10-17-14/h9-10,13H,3-8,11,15H2,1-2H3. The van der Waals surface area contributed by atoms with Crippen molar-refractivity contribution in [2.75, 3.05) is 37.6 Å². The van der Waals surface area contributed by atoms with Crippen molar-refractivity contribution in [1.82, 2.24) is 14.9 Å². The molecule has 19 heavy (non-hydrogen) atoms. The van der Waals surface area contributed by atoms with Gasteiger partial charge in [-0.1, -0.05) is 13.8 Å². The van der Waals surface area contributed by atoms with Crippen molar-refractivity contribution in [2.45, 2.75) is 32.7 Å². The minimum Gasteiger partial charge on any atom is -0.339 e. The summed E-state index contributed by atoms with van der Waals surface area (Å²) in [4.78, 5) is 13.7. The van der Waals surface area contributed by atoms with Gasteiger partial charge in [0.25, 0.3) is 0 Å². The van der Waals surface area contributed by atoms with Crippen LogP contribution in [-0.2, 0) is 6.42 Å². The molecule has 1 fully saturated rings. The Morgan fingerprint density at radius 3 is 2.58 bits per heavy atom. The number of nitrogens with two attached hydrogens (primary N) is 1. The Morgan fingerprint density at radius 2 is 2.00 bits per heavy atom. The van der Waals surface area contributed by atoms with Gasteiger partial charge < -0.3 is 10.6 Å². The minimum absolute atomic E-state index is 0.641. The predicted octanol–water partition coefficient (Wildman–Crippen LogP) is 0.898. The van der Waals surface area contributed by atoms with Crippen LogP contribution < -0.4 is 10.6 Å². The molecular weight excluding hydrogens is 238 g/mol. The van der Waals surface area contributed by atoms with Crippen LogP contribution in [0.5, 0.6) is 0 Å². The molecule has 1 atom stereocenters. The smallest absolute Gasteiger partial charge is 0.225 e. The van der Waals surface area contributed by atoms with Crippen LogP contribution in [-0.4, -0.2) is 53.6 Å². The van der Waals surface area contributed by atoms with Gasteiger partial charge in [-0.15, -0.1) is 0 Å². The number of aromatic nitrogens is 2. The van der Waals surface area contributed by atoms with Gasteiger partial charge in [0.15, 0.2) is 0 Å². The van der Waals surface area contributed by atoms with Gasteiger partial charge in [0.1, 0.15) is 0 Å². The zero-order valence-electron chi connectivity index (χ0n) is 12.0. The third kappa shape index (κ3) is 3.42. The fourth-order valence-electron chi connectivity index (χ4n) is 2.77. The summed E-state index contributed by atoms with van der Waals surface area (Å²) in [7, 11) is 0. The van der Waals surface area contributed by atoms with E-state index in [1.807, 2.05) is 12.4 Å². The summed E-state index contributed by atoms with van der Waals surface area (Å²) in [5.74, 6) is 0.857. The Balaban J connectivity index is 1.96. The number of nitrogens with zero attached hydrogens (tertiary/aromatic N) is 4. The van der Waals surface area contributed by atoms with E-state index in [9.17, 15) is 0 Å². The molecule has 0 bridgehead atoms. The van der Waals surface area contributed by atoms with Crippen LogP contribution in [0.4, 0.5) is 5.95 Å². The highest BCUT2D eigenvalue weighted by molar-refractivity contribution is 5.32. The lowest BCUT2D eigenvalue weighted by Gasteiger charge is -2.26. The fraction of sp³-hybridized carbons (Fsp3) is 0.714. The molecule has 0 aromatic carbocycles. The second kappa shape index (κ2) is 6.82. The summed E-state index contributed by atoms with van der Waals surface area (Å²) in [6, 6.07) is 0.641. The van der Waals surface area contributed by atoms with Crippen molar-refractivity contribution in [1.29, 1.82) is 0 Å². The molecule has 0 spiro atoms. The van der Waals surface area contributed by atoms with Gasteiger partial charge in [-0.05, 0) is 38.0 Å². The van der Waals surface area contributed by atoms with Crippen molar-refractivity contribution < 1.29 is 0 Å². The number of rotatable bonds is 6. The van der Waals surface area contributed by atoms with Crippen molar-refractivity contribution in [2.24, 2.45) is 5.73 Å². The molecule has 2 N–H and O–H groups in total. The van der Waals surface area contributed by atoms with Crippen molar-refractivity contribution in [3.8, 4) is 0 Å². The highest BCUT2D eigenvalue weighted by Crippen LogP contribution is 2.19. The molecule has 1 aliphatic heterocycles. The molecule has 0 saturated carbocycles. The lowest BCUT2D eigenvalue weighted by atomic mass is 10.2. The highest BCUT2D eigenvalue weighted by atomic mass is 15.3. The topological polar surface area (TPSA) is 58.3 Å². The molecule has 2 heterocycles. The quantitative estimate of drug-likeness (QED) is 0.826. The van der Waals surface area contributed by atoms with E-state index in [0.29, 0.717) is 12.6 Å². The number of anilines is 1. The van der Waals surface area contributed by atoms with Gasteiger partial charge in [0.05, 0.1) is 0 Å². The van der Waals surface area contributed by atoms with Gasteiger partial charge in [0, 0.05) is 31.5 Å². The Bertz CT molecular complexity index is 374. The minimum atomic E-state index is 0.641. The average Bonchev–Trinajstić information content (AvgIpc) is 2.91. The van der Waals surface area contributed by atoms with E-state index in [-0.39, 0.29) is 0 Å². The van der Waals surface area contributed by atoms with Gasteiger partial charge in [-0.3, -0.25) is 4.90 Å². The zero-order chi connectivity index (χ0) is 13.7. The third-order valence-corrected chi connectivity index (χ3v) is 3.90. The molecule has 5 nitrogen and oxygen atoms in total. The normalized spacial score (nSPS) is 19.4. The molecular formula is C14H25N5. The number of likely N-dealkylation sites (N-methyl/N-ethyl adjacent to an activating group) is 1. The van der Waals surface area contributed by atoms with E-state index in [1.54, 1.807) is 0 Å². The lowest BCUT2D eigenvalue weighted by Crippen LogP contribution is -2.37. The first-order chi connectivity index (χ1) is 9.28. The molecule has 5 heteroatoms. The summed E-state index contributed by atoms with van der Waals surface area (Å²) < 4.78 is 0. The van der Waals surface area contributed by atoms with E-state index in [0.717, 1.165) is 44.1 Å². The molecule has 1 aromatic heterocycles. The van der Waals surface area contributed by atoms with Crippen molar-refractivity contribution in [3.05, 3.63) is 18.0 Å². The Hall–Kier alpha value is -1.20. The van der Waals surface area contributed by atoms with Gasteiger partial charge in [-0.2, -0.15) is 0 Å². The number of hydrogen-bond donors (Lipinski definition) is 1. The van der Waals surface area contributed by atoms with E-state index in [4.69, 9.17) is 5.73 Å². The Labute approximate surface area is 115 Å². The summed E-state index contributed by atoms with van der Waals surface area (Å²) in [6.07, 6.45) is 5.86. The maximum Gasteiger partial charge on any atom is 0.225 e. The molecule has 0 aliphatic carbocycles. The van der Waals surface area contributed by atoms with Crippen molar-refractivity contribution in [3.63, 3.8) is 0 Å². The largest absolute Gasteiger partial charge is 0.339 e. The van der Waals surface area contributed by atoms with Crippen molar-refractivity contribution >= 4 is 5.95 Å². The van der Waals surface area contributed by atoms with E-state index >= 15 is 0 Å². The Morgan fingerprint density at radius 1 is 1.32 bits per heavy atom. The lowest BCUT2D eigenvalue weighted by molar-refractivity contribution is 0.232. The third-order valence-electron chi connectivity index (χ3n) is 3.90. The second-order valence-corrected chi connectivity index (χ2v) is 5.04. The highest BCUT2D eigenvalue weighted by Gasteiger charge is 2.27. The van der Waals surface area contributed by atoms with Gasteiger partial charge in [-0.25, -0.2) is 9.97 Å². The van der Waals surface area contributed by atoms with Crippen LogP contribution in [0.2, 0.25) is 0 Å². The first kappa shape index (κ1) is 14.2. The van der Waals surface area contributed by atoms with E-state index in [2.05, 4.69) is 33.6 Å². The molecule has 0 radical (unpaired) electrons. The first-order valence-corrected chi connectivity index (χ1v) is 7.28. The maximum atomic E-state index is 5.53. The fourth-order valence-corrected chi connectivity index (χ4v) is 2.77. The van der Waals surface area contributed by atoms with Crippen LogP contribution in [0, 0.1) is 0 Å². The molecule has 1 saturated heterocycles. The predicted molar refractivity (Wildman–Crippen MR) is 78.3 cm³/mol. The van der Waals surface area contributed by atoms with Crippen LogP contribution in [0.15, 0.2) is 12.4 Å². The molecule has 106 valence electrons. The van der Waals surface area contributed by atoms with Crippen LogP contribution >= 0.6 is 0 Å². The summed E-state index contributed by atoms with van der Waals surface area (Å²) in [5, 5.41) is 0. The maximum absolute atomic E-state index is 5.53. The van der Waals surface area contributed by atoms with Crippen LogP contribution in [0.1, 0.15) is 25.8 Å². The summed E-state index contributed by atoms with van der Waals surface area (Å²) in [6.45, 7) is 9.43. The number of hydrogen-bond acceptors (Lipinski definition) is 5. The van der Waals surface area contributed by atoms with E-state index < -0.39 is 0 Å². The second-order valence-electron chi connectivity index (χ2n) is 5.04. The molecule has 1 aliphatic rings. The monoisotopic (exact) mass is 263 g/mol. The Kier molecular flexibility index (Phi) is 5.10. The van der Waals surface area contributed by atoms with Gasteiger partial charge in [0.2, 0.25) is 5.95 Å². The average molecular weight is 263 g/mol. The van der Waals surface area contributed by atoms with E-state index in [1.165, 1.54) is 6.42 Å². The summed E-state index contributed by atoms with van der Waals surface area (Å²) >= 11 is 0. The van der Waals surface area contributed by atoms with Crippen LogP contribution in [0.3, 0.4) is 0 Å². The SMILES string of the molecule is CCN(CC)C1CCN(c2ncc(CCN)cn2)C1. The van der Waals surface area contributed by atoms with Gasteiger partial charge >= 0.3 is 0 Å². The molecule has 1 unspecified atom stereocenters. The van der Waals surface area contributed by atoms with Crippen LogP contribution in [0.25, 0.3) is 0 Å².